The zero-order chi connectivity index (χ0) is 23.1. The van der Waals surface area contributed by atoms with E-state index in [1.807, 2.05) is 4.90 Å². The second-order valence-corrected chi connectivity index (χ2v) is 9.30. The minimum absolute atomic E-state index is 0.0136. The van der Waals surface area contributed by atoms with Crippen LogP contribution in [-0.2, 0) is 0 Å². The Morgan fingerprint density at radius 3 is 2.88 bits per heavy atom. The van der Waals surface area contributed by atoms with Gasteiger partial charge >= 0.3 is 0 Å². The summed E-state index contributed by atoms with van der Waals surface area (Å²) in [7, 11) is 0. The van der Waals surface area contributed by atoms with E-state index in [0.717, 1.165) is 25.8 Å². The molecule has 0 radical (unpaired) electrons. The fourth-order valence-electron chi connectivity index (χ4n) is 5.45. The molecule has 7 nitrogen and oxygen atoms in total. The van der Waals surface area contributed by atoms with Crippen molar-refractivity contribution in [2.75, 3.05) is 19.6 Å². The van der Waals surface area contributed by atoms with Gasteiger partial charge in [-0.15, -0.1) is 0 Å². The van der Waals surface area contributed by atoms with Crippen LogP contribution in [0.25, 0.3) is 10.9 Å². The zero-order valence-electron chi connectivity index (χ0n) is 18.5. The molecule has 2 aromatic carbocycles. The average Bonchev–Trinajstić information content (AvgIpc) is 3.43. The van der Waals surface area contributed by atoms with Gasteiger partial charge in [0.2, 0.25) is 0 Å². The summed E-state index contributed by atoms with van der Waals surface area (Å²) in [4.78, 5) is 27.8. The number of fused-ring (bicyclic) bond motifs is 2. The Bertz CT molecular complexity index is 1220. The number of rotatable bonds is 4. The molecule has 1 aliphatic heterocycles. The van der Waals surface area contributed by atoms with E-state index in [0.29, 0.717) is 47.0 Å². The summed E-state index contributed by atoms with van der Waals surface area (Å²) in [5.74, 6) is 0.462. The molecule has 3 atom stereocenters. The lowest BCUT2D eigenvalue weighted by Crippen LogP contribution is -2.37. The molecule has 2 aliphatic rings. The normalized spacial score (nSPS) is 22.4. The molecular weight excluding hydrogens is 423 g/mol. The third-order valence-electron chi connectivity index (χ3n) is 7.24. The number of hydrogen-bond donors (Lipinski definition) is 3. The molecule has 3 N–H and O–H groups in total. The van der Waals surface area contributed by atoms with Crippen molar-refractivity contribution in [2.24, 2.45) is 17.8 Å². The highest BCUT2D eigenvalue weighted by Gasteiger charge is 2.42. The Kier molecular flexibility index (Phi) is 5.52. The monoisotopic (exact) mass is 450 g/mol. The van der Waals surface area contributed by atoms with Crippen molar-refractivity contribution in [1.82, 2.24) is 20.4 Å². The van der Waals surface area contributed by atoms with Crippen molar-refractivity contribution in [3.63, 3.8) is 0 Å². The number of carbonyl (C=O) groups is 2. The van der Waals surface area contributed by atoms with Gasteiger partial charge in [-0.2, -0.15) is 5.10 Å². The number of amides is 2. The number of carbonyl (C=O) groups excluding carboxylic acids is 2. The van der Waals surface area contributed by atoms with Crippen LogP contribution in [0.4, 0.5) is 4.39 Å². The second kappa shape index (κ2) is 8.50. The van der Waals surface area contributed by atoms with Crippen molar-refractivity contribution in [2.45, 2.75) is 26.2 Å². The molecule has 1 aliphatic carbocycles. The number of benzene rings is 2. The molecule has 2 amide bonds. The number of H-pyrrole nitrogens is 1. The Morgan fingerprint density at radius 2 is 2.06 bits per heavy atom. The number of aromatic amines is 1. The van der Waals surface area contributed by atoms with E-state index in [9.17, 15) is 19.1 Å². The van der Waals surface area contributed by atoms with E-state index in [1.165, 1.54) is 12.1 Å². The Morgan fingerprint density at radius 1 is 1.21 bits per heavy atom. The second-order valence-electron chi connectivity index (χ2n) is 9.30. The average molecular weight is 451 g/mol. The van der Waals surface area contributed by atoms with Gasteiger partial charge < -0.3 is 15.3 Å². The Labute approximate surface area is 191 Å². The van der Waals surface area contributed by atoms with Crippen LogP contribution >= 0.6 is 0 Å². The van der Waals surface area contributed by atoms with Crippen LogP contribution in [0.15, 0.2) is 36.4 Å². The molecule has 172 valence electrons. The maximum atomic E-state index is 13.6. The number of nitrogens with one attached hydrogen (secondary N) is 2. The third-order valence-corrected chi connectivity index (χ3v) is 7.24. The van der Waals surface area contributed by atoms with E-state index in [4.69, 9.17) is 0 Å². The van der Waals surface area contributed by atoms with E-state index >= 15 is 0 Å². The molecule has 33 heavy (non-hydrogen) atoms. The molecule has 0 spiro atoms. The number of nitrogens with zero attached hydrogens (tertiary/aromatic N) is 2. The number of phenolic OH excluding ortho intramolecular Hbond substituents is 1. The van der Waals surface area contributed by atoms with Gasteiger partial charge in [0.25, 0.3) is 11.8 Å². The van der Waals surface area contributed by atoms with Crippen molar-refractivity contribution in [1.29, 1.82) is 0 Å². The van der Waals surface area contributed by atoms with Gasteiger partial charge in [-0.05, 0) is 79.5 Å². The smallest absolute Gasteiger partial charge is 0.272 e. The number of aromatic nitrogens is 2. The highest BCUT2D eigenvalue weighted by Crippen LogP contribution is 2.40. The summed E-state index contributed by atoms with van der Waals surface area (Å²) in [6.07, 6.45) is 3.15. The molecule has 0 unspecified atom stereocenters. The number of halogens is 1. The molecule has 5 rings (SSSR count). The van der Waals surface area contributed by atoms with Gasteiger partial charge in [-0.25, -0.2) is 4.39 Å². The van der Waals surface area contributed by atoms with Crippen molar-refractivity contribution in [3.05, 3.63) is 59.0 Å². The summed E-state index contributed by atoms with van der Waals surface area (Å²) in [5, 5.41) is 20.1. The largest absolute Gasteiger partial charge is 0.508 e. The molecule has 1 aromatic heterocycles. The number of likely N-dealkylation sites (tertiary alicyclic amines) is 1. The Hall–Kier alpha value is -3.42. The quantitative estimate of drug-likeness (QED) is 0.565. The van der Waals surface area contributed by atoms with Crippen LogP contribution in [0.1, 0.15) is 45.7 Å². The lowest BCUT2D eigenvalue weighted by Gasteiger charge is -2.32. The van der Waals surface area contributed by atoms with Gasteiger partial charge in [-0.1, -0.05) is 6.42 Å². The number of phenols is 1. The lowest BCUT2D eigenvalue weighted by atomic mass is 9.74. The minimum atomic E-state index is -0.410. The zero-order valence-corrected chi connectivity index (χ0v) is 18.5. The van der Waals surface area contributed by atoms with Gasteiger partial charge in [-0.3, -0.25) is 14.7 Å². The summed E-state index contributed by atoms with van der Waals surface area (Å²) in [6.45, 7) is 3.67. The summed E-state index contributed by atoms with van der Waals surface area (Å²) < 4.78 is 13.6. The van der Waals surface area contributed by atoms with Crippen LogP contribution in [0, 0.1) is 30.5 Å². The molecule has 8 heteroatoms. The predicted molar refractivity (Wildman–Crippen MR) is 121 cm³/mol. The first kappa shape index (κ1) is 21.4. The Balaban J connectivity index is 1.25. The molecule has 3 aromatic rings. The van der Waals surface area contributed by atoms with E-state index in [-0.39, 0.29) is 29.2 Å². The van der Waals surface area contributed by atoms with Crippen molar-refractivity contribution >= 4 is 22.7 Å². The van der Waals surface area contributed by atoms with Gasteiger partial charge in [0.15, 0.2) is 5.69 Å². The molecule has 1 saturated carbocycles. The standard InChI is InChI=1S/C25H27FN4O3/c1-14-9-15(5-8-22(14)31)25(33)30-12-17-4-2-3-16(20(17)13-30)11-27-24(32)23-19-10-18(26)6-7-21(19)28-29-23/h5-10,16-17,20,31H,2-4,11-13H2,1H3,(H,27,32)(H,28,29)/t16-,17-,20-/m1/s1. The van der Waals surface area contributed by atoms with Crippen molar-refractivity contribution in [3.8, 4) is 5.75 Å². The summed E-state index contributed by atoms with van der Waals surface area (Å²) in [6, 6.07) is 9.18. The van der Waals surface area contributed by atoms with Crippen LogP contribution in [0.2, 0.25) is 0 Å². The van der Waals surface area contributed by atoms with Gasteiger partial charge in [0.1, 0.15) is 11.6 Å². The SMILES string of the molecule is Cc1cc(C(=O)N2C[C@H]3CCC[C@H](CNC(=O)c4n[nH]c5ccc(F)cc45)[C@H]3C2)ccc1O. The fourth-order valence-corrected chi connectivity index (χ4v) is 5.45. The lowest BCUT2D eigenvalue weighted by molar-refractivity contribution is 0.0779. The molecule has 1 saturated heterocycles. The molecule has 0 bridgehead atoms. The first-order chi connectivity index (χ1) is 15.9. The van der Waals surface area contributed by atoms with E-state index in [2.05, 4.69) is 15.5 Å². The van der Waals surface area contributed by atoms with Crippen LogP contribution in [0.5, 0.6) is 5.75 Å². The van der Waals surface area contributed by atoms with Crippen LogP contribution < -0.4 is 5.32 Å². The third kappa shape index (κ3) is 4.05. The van der Waals surface area contributed by atoms with E-state index < -0.39 is 5.82 Å². The topological polar surface area (TPSA) is 98.3 Å². The first-order valence-electron chi connectivity index (χ1n) is 11.4. The first-order valence-corrected chi connectivity index (χ1v) is 11.4. The van der Waals surface area contributed by atoms with Gasteiger partial charge in [0.05, 0.1) is 5.52 Å². The highest BCUT2D eigenvalue weighted by molar-refractivity contribution is 6.04. The van der Waals surface area contributed by atoms with E-state index in [1.54, 1.807) is 31.2 Å². The number of hydrogen-bond acceptors (Lipinski definition) is 4. The number of aromatic hydroxyl groups is 1. The molecule has 2 heterocycles. The van der Waals surface area contributed by atoms with Gasteiger partial charge in [0, 0.05) is 30.6 Å². The highest BCUT2D eigenvalue weighted by atomic mass is 19.1. The maximum absolute atomic E-state index is 13.6. The van der Waals surface area contributed by atoms with Crippen LogP contribution in [0.3, 0.4) is 0 Å². The van der Waals surface area contributed by atoms with Crippen LogP contribution in [-0.4, -0.2) is 51.7 Å². The molecule has 2 fully saturated rings. The minimum Gasteiger partial charge on any atom is -0.508 e. The maximum Gasteiger partial charge on any atom is 0.272 e. The fraction of sp³-hybridized carbons (Fsp3) is 0.400. The predicted octanol–water partition coefficient (Wildman–Crippen LogP) is 3.63. The summed E-state index contributed by atoms with van der Waals surface area (Å²) in [5.41, 5.74) is 2.09. The van der Waals surface area contributed by atoms with Crippen molar-refractivity contribution < 1.29 is 19.1 Å². The molecular formula is C25H27FN4O3. The number of aryl methyl sites for hydroxylation is 1. The summed E-state index contributed by atoms with van der Waals surface area (Å²) >= 11 is 0.